The van der Waals surface area contributed by atoms with Crippen LogP contribution in [0.2, 0.25) is 0 Å². The van der Waals surface area contributed by atoms with Crippen molar-refractivity contribution in [1.29, 1.82) is 5.39 Å². The number of ether oxygens (including phenoxy) is 1. The second-order valence-corrected chi connectivity index (χ2v) is 2.51. The Morgan fingerprint density at radius 1 is 1.54 bits per heavy atom. The number of carbonyl (C=O) groups is 1. The summed E-state index contributed by atoms with van der Waals surface area (Å²) in [6, 6.07) is 6.90. The zero-order chi connectivity index (χ0) is 9.68. The first kappa shape index (κ1) is 9.20. The lowest BCUT2D eigenvalue weighted by molar-refractivity contribution is -0.142. The van der Waals surface area contributed by atoms with Crippen molar-refractivity contribution in [2.75, 3.05) is 0 Å². The van der Waals surface area contributed by atoms with Crippen LogP contribution >= 0.6 is 0 Å². The van der Waals surface area contributed by atoms with E-state index in [0.29, 0.717) is 11.3 Å². The Morgan fingerprint density at radius 2 is 2.23 bits per heavy atom. The van der Waals surface area contributed by atoms with E-state index >= 15 is 0 Å². The fourth-order valence-corrected chi connectivity index (χ4v) is 0.910. The van der Waals surface area contributed by atoms with Crippen molar-refractivity contribution in [1.82, 2.24) is 0 Å². The second-order valence-electron chi connectivity index (χ2n) is 2.51. The Morgan fingerprint density at radius 3 is 2.85 bits per heavy atom. The predicted molar refractivity (Wildman–Crippen MR) is 46.7 cm³/mol. The van der Waals surface area contributed by atoms with E-state index in [1.807, 2.05) is 0 Å². The minimum absolute atomic E-state index is 0.134. The van der Waals surface area contributed by atoms with E-state index in [1.165, 1.54) is 6.92 Å². The summed E-state index contributed by atoms with van der Waals surface area (Å²) in [5.41, 5.74) is 1.10. The van der Waals surface area contributed by atoms with Crippen LogP contribution in [0.25, 0.3) is 4.98 Å². The van der Waals surface area contributed by atoms with Gasteiger partial charge in [0, 0.05) is 13.0 Å². The van der Waals surface area contributed by atoms with Gasteiger partial charge < -0.3 is 4.74 Å². The first-order valence-electron chi connectivity index (χ1n) is 3.80. The Kier molecular flexibility index (Phi) is 2.98. The standard InChI is InChI=1S/C9H9N2O2/c1-7(12)13-6-8-4-2-3-5-9(8)11-10/h2-5H,6H2,1H3/q+1. The monoisotopic (exact) mass is 177 g/mol. The normalized spacial score (nSPS) is 8.92. The Labute approximate surface area is 75.8 Å². The molecule has 0 saturated heterocycles. The molecule has 0 aliphatic carbocycles. The van der Waals surface area contributed by atoms with Gasteiger partial charge in [-0.1, -0.05) is 12.1 Å². The summed E-state index contributed by atoms with van der Waals surface area (Å²) in [7, 11) is 0. The van der Waals surface area contributed by atoms with E-state index in [-0.39, 0.29) is 12.6 Å². The molecule has 0 spiro atoms. The molecule has 0 atom stereocenters. The highest BCUT2D eigenvalue weighted by atomic mass is 16.5. The van der Waals surface area contributed by atoms with Crippen LogP contribution in [0.1, 0.15) is 12.5 Å². The molecular weight excluding hydrogens is 168 g/mol. The highest BCUT2D eigenvalue weighted by Gasteiger charge is 2.12. The summed E-state index contributed by atoms with van der Waals surface area (Å²) in [4.78, 5) is 13.6. The van der Waals surface area contributed by atoms with Crippen LogP contribution in [0.3, 0.4) is 0 Å². The molecular formula is C9H9N2O2+. The smallest absolute Gasteiger partial charge is 0.391 e. The molecule has 13 heavy (non-hydrogen) atoms. The molecule has 66 valence electrons. The summed E-state index contributed by atoms with van der Waals surface area (Å²) in [6.45, 7) is 1.47. The largest absolute Gasteiger partial charge is 0.461 e. The SMILES string of the molecule is CC(=O)OCc1ccccc1[N+]#N. The summed E-state index contributed by atoms with van der Waals surface area (Å²) < 4.78 is 4.76. The molecule has 0 aromatic heterocycles. The Balaban J connectivity index is 2.77. The molecule has 0 bridgehead atoms. The van der Waals surface area contributed by atoms with Crippen LogP contribution in [0, 0.1) is 5.39 Å². The molecule has 0 saturated carbocycles. The lowest BCUT2D eigenvalue weighted by atomic mass is 10.2. The van der Waals surface area contributed by atoms with Crippen molar-refractivity contribution in [2.45, 2.75) is 13.5 Å². The molecule has 0 fully saturated rings. The van der Waals surface area contributed by atoms with Crippen LogP contribution in [0.4, 0.5) is 5.69 Å². The fraction of sp³-hybridized carbons (Fsp3) is 0.222. The van der Waals surface area contributed by atoms with Gasteiger partial charge in [-0.15, -0.1) is 0 Å². The maximum Gasteiger partial charge on any atom is 0.391 e. The fourth-order valence-electron chi connectivity index (χ4n) is 0.910. The van der Waals surface area contributed by atoms with Crippen molar-refractivity contribution >= 4 is 11.7 Å². The molecule has 0 aliphatic rings. The van der Waals surface area contributed by atoms with Gasteiger partial charge in [-0.25, -0.2) is 0 Å². The quantitative estimate of drug-likeness (QED) is 0.514. The van der Waals surface area contributed by atoms with Crippen LogP contribution in [-0.4, -0.2) is 5.97 Å². The maximum absolute atomic E-state index is 10.5. The van der Waals surface area contributed by atoms with E-state index in [4.69, 9.17) is 10.1 Å². The molecule has 4 heteroatoms. The summed E-state index contributed by atoms with van der Waals surface area (Å²) >= 11 is 0. The summed E-state index contributed by atoms with van der Waals surface area (Å²) in [5.74, 6) is -0.354. The highest BCUT2D eigenvalue weighted by Crippen LogP contribution is 2.18. The molecule has 4 nitrogen and oxygen atoms in total. The van der Waals surface area contributed by atoms with E-state index in [0.717, 1.165) is 0 Å². The minimum Gasteiger partial charge on any atom is -0.461 e. The van der Waals surface area contributed by atoms with Gasteiger partial charge in [0.25, 0.3) is 0 Å². The average molecular weight is 177 g/mol. The van der Waals surface area contributed by atoms with Crippen molar-refractivity contribution in [3.05, 3.63) is 34.8 Å². The van der Waals surface area contributed by atoms with Gasteiger partial charge in [-0.05, 0) is 6.07 Å². The lowest BCUT2D eigenvalue weighted by Gasteiger charge is -1.98. The van der Waals surface area contributed by atoms with Gasteiger partial charge in [0.15, 0.2) is 4.98 Å². The number of carbonyl (C=O) groups excluding carboxylic acids is 1. The first-order chi connectivity index (χ1) is 6.24. The van der Waals surface area contributed by atoms with Crippen LogP contribution in [0.15, 0.2) is 24.3 Å². The van der Waals surface area contributed by atoms with Gasteiger partial charge in [-0.2, -0.15) is 0 Å². The molecule has 1 aromatic carbocycles. The van der Waals surface area contributed by atoms with Crippen molar-refractivity contribution in [2.24, 2.45) is 0 Å². The molecule has 0 N–H and O–H groups in total. The minimum atomic E-state index is -0.354. The lowest BCUT2D eigenvalue weighted by Crippen LogP contribution is -1.98. The number of benzene rings is 1. The summed E-state index contributed by atoms with van der Waals surface area (Å²) in [5, 5.41) is 8.57. The van der Waals surface area contributed by atoms with Gasteiger partial charge in [-0.3, -0.25) is 4.79 Å². The van der Waals surface area contributed by atoms with Crippen molar-refractivity contribution < 1.29 is 9.53 Å². The molecule has 1 aromatic rings. The zero-order valence-corrected chi connectivity index (χ0v) is 7.23. The third-order valence-electron chi connectivity index (χ3n) is 1.53. The number of rotatable bonds is 2. The Bertz CT molecular complexity index is 355. The number of hydrogen-bond donors (Lipinski definition) is 0. The third-order valence-corrected chi connectivity index (χ3v) is 1.53. The van der Waals surface area contributed by atoms with E-state index in [2.05, 4.69) is 4.98 Å². The van der Waals surface area contributed by atoms with E-state index in [1.54, 1.807) is 24.3 Å². The second kappa shape index (κ2) is 4.21. The number of esters is 1. The molecule has 0 unspecified atom stereocenters. The van der Waals surface area contributed by atoms with Gasteiger partial charge >= 0.3 is 11.7 Å². The summed E-state index contributed by atoms with van der Waals surface area (Å²) in [6.07, 6.45) is 0. The van der Waals surface area contributed by atoms with E-state index < -0.39 is 0 Å². The number of hydrogen-bond acceptors (Lipinski definition) is 3. The van der Waals surface area contributed by atoms with Crippen LogP contribution < -0.4 is 0 Å². The molecule has 0 amide bonds. The predicted octanol–water partition coefficient (Wildman–Crippen LogP) is 2.23. The van der Waals surface area contributed by atoms with Crippen molar-refractivity contribution in [3.8, 4) is 0 Å². The molecule has 1 rings (SSSR count). The van der Waals surface area contributed by atoms with Gasteiger partial charge in [0.2, 0.25) is 5.39 Å². The van der Waals surface area contributed by atoms with Crippen LogP contribution in [-0.2, 0) is 16.1 Å². The van der Waals surface area contributed by atoms with Gasteiger partial charge in [0.1, 0.15) is 6.61 Å². The molecule has 0 heterocycles. The van der Waals surface area contributed by atoms with Gasteiger partial charge in [0.05, 0.1) is 5.56 Å². The average Bonchev–Trinajstić information content (AvgIpc) is 2.15. The topological polar surface area (TPSA) is 54.5 Å². The number of nitrogens with zero attached hydrogens (tertiary/aromatic N) is 2. The van der Waals surface area contributed by atoms with E-state index in [9.17, 15) is 4.79 Å². The molecule has 0 aliphatic heterocycles. The maximum atomic E-state index is 10.5. The zero-order valence-electron chi connectivity index (χ0n) is 7.23. The first-order valence-corrected chi connectivity index (χ1v) is 3.80. The van der Waals surface area contributed by atoms with Crippen molar-refractivity contribution in [3.63, 3.8) is 0 Å². The number of diazo groups is 1. The van der Waals surface area contributed by atoms with Crippen LogP contribution in [0.5, 0.6) is 0 Å². The third kappa shape index (κ3) is 2.56. The highest BCUT2D eigenvalue weighted by molar-refractivity contribution is 5.66. The molecule has 0 radical (unpaired) electrons. The Hall–Kier alpha value is -1.89.